The fourth-order valence-electron chi connectivity index (χ4n) is 9.94. The molecule has 1 aliphatic heterocycles. The number of amides is 1. The largest absolute Gasteiger partial charge is 0.466 e. The molecule has 7 unspecified atom stereocenters. The molecule has 0 aliphatic carbocycles. The maximum Gasteiger partial charge on any atom is 0.305 e. The highest BCUT2D eigenvalue weighted by molar-refractivity contribution is 5.76. The molecule has 6 N–H and O–H groups in total. The van der Waals surface area contributed by atoms with Gasteiger partial charge in [-0.1, -0.05) is 256 Å². The fraction of sp³-hybridized carbons (Fsp3) is 0.875. The van der Waals surface area contributed by atoms with Crippen molar-refractivity contribution in [3.05, 3.63) is 36.5 Å². The standard InChI is InChI=1S/C64H119NO10/c1-3-5-7-9-11-13-14-15-25-29-32-36-40-44-48-52-60(69)73-53-49-45-41-37-33-30-27-24-22-20-18-16-17-19-21-23-26-28-31-35-39-43-47-51-59(68)65-56(57(67)50-46-42-38-34-12-10-8-6-4-2)55-74-64-63(72)62(71)61(70)58(54-66)75-64/h16,18-19,21,46,50,56-58,61-64,66-67,70-72H,3-15,17,20,22-45,47-49,51-55H2,1-2H3,(H,65,68)/b18-16-,21-19-,50-46+. The Morgan fingerprint density at radius 2 is 0.893 bits per heavy atom. The lowest BCUT2D eigenvalue weighted by Crippen LogP contribution is -2.60. The summed E-state index contributed by atoms with van der Waals surface area (Å²) in [5, 5.41) is 54.2. The molecule has 0 radical (unpaired) electrons. The van der Waals surface area contributed by atoms with Gasteiger partial charge in [0.05, 0.1) is 32.0 Å². The van der Waals surface area contributed by atoms with Crippen LogP contribution in [0.5, 0.6) is 0 Å². The van der Waals surface area contributed by atoms with Gasteiger partial charge in [-0.2, -0.15) is 0 Å². The quantitative estimate of drug-likeness (QED) is 0.0195. The monoisotopic (exact) mass is 1060 g/mol. The van der Waals surface area contributed by atoms with E-state index >= 15 is 0 Å². The molecule has 0 saturated carbocycles. The Hall–Kier alpha value is -2.12. The van der Waals surface area contributed by atoms with Crippen LogP contribution in [0.15, 0.2) is 36.5 Å². The number of hydrogen-bond acceptors (Lipinski definition) is 10. The number of ether oxygens (including phenoxy) is 3. The highest BCUT2D eigenvalue weighted by Gasteiger charge is 2.44. The number of carbonyl (C=O) groups is 2. The van der Waals surface area contributed by atoms with Gasteiger partial charge in [0.25, 0.3) is 0 Å². The zero-order chi connectivity index (χ0) is 54.5. The number of aliphatic hydroxyl groups is 5. The van der Waals surface area contributed by atoms with Gasteiger partial charge in [0.2, 0.25) is 5.91 Å². The van der Waals surface area contributed by atoms with Crippen molar-refractivity contribution in [3.8, 4) is 0 Å². The Bertz CT molecular complexity index is 1340. The molecular formula is C64H119NO10. The van der Waals surface area contributed by atoms with Crippen molar-refractivity contribution < 1.29 is 49.3 Å². The lowest BCUT2D eigenvalue weighted by Gasteiger charge is -2.40. The van der Waals surface area contributed by atoms with Crippen molar-refractivity contribution >= 4 is 11.9 Å². The molecule has 7 atom stereocenters. The molecule has 11 heteroatoms. The van der Waals surface area contributed by atoms with Gasteiger partial charge in [-0.3, -0.25) is 9.59 Å². The first-order chi connectivity index (χ1) is 36.7. The molecule has 11 nitrogen and oxygen atoms in total. The van der Waals surface area contributed by atoms with Crippen LogP contribution >= 0.6 is 0 Å². The highest BCUT2D eigenvalue weighted by atomic mass is 16.7. The predicted molar refractivity (Wildman–Crippen MR) is 311 cm³/mol. The second-order valence-corrected chi connectivity index (χ2v) is 22.1. The SMILES string of the molecule is CCCCCCCCC/C=C/C(O)C(COC1OC(CO)C(O)C(O)C1O)NC(=O)CCCCCCCCC/C=C\C/C=C\CCCCCCCCCCCOC(=O)CCCCCCCCCCCCCCCCC. The topological polar surface area (TPSA) is 175 Å². The molecule has 1 amide bonds. The number of unbranched alkanes of at least 4 members (excludes halogenated alkanes) is 37. The van der Waals surface area contributed by atoms with Crippen LogP contribution < -0.4 is 5.32 Å². The number of nitrogens with one attached hydrogen (secondary N) is 1. The lowest BCUT2D eigenvalue weighted by molar-refractivity contribution is -0.302. The Kier molecular flexibility index (Phi) is 50.9. The van der Waals surface area contributed by atoms with Crippen molar-refractivity contribution in [1.29, 1.82) is 0 Å². The first-order valence-corrected chi connectivity index (χ1v) is 31.8. The number of carbonyl (C=O) groups excluding carboxylic acids is 2. The summed E-state index contributed by atoms with van der Waals surface area (Å²) in [6.07, 6.45) is 56.9. The van der Waals surface area contributed by atoms with Gasteiger partial charge in [0, 0.05) is 12.8 Å². The number of aliphatic hydroxyl groups excluding tert-OH is 5. The first-order valence-electron chi connectivity index (χ1n) is 31.8. The van der Waals surface area contributed by atoms with Gasteiger partial charge in [-0.15, -0.1) is 0 Å². The van der Waals surface area contributed by atoms with E-state index in [-0.39, 0.29) is 18.5 Å². The minimum Gasteiger partial charge on any atom is -0.466 e. The van der Waals surface area contributed by atoms with E-state index in [1.807, 2.05) is 6.08 Å². The molecule has 1 heterocycles. The number of hydrogen-bond donors (Lipinski definition) is 6. The van der Waals surface area contributed by atoms with Gasteiger partial charge in [-0.25, -0.2) is 0 Å². The fourth-order valence-corrected chi connectivity index (χ4v) is 9.94. The molecule has 0 bridgehead atoms. The summed E-state index contributed by atoms with van der Waals surface area (Å²) in [6.45, 7) is 4.31. The van der Waals surface area contributed by atoms with Gasteiger partial charge < -0.3 is 45.1 Å². The molecule has 440 valence electrons. The second-order valence-electron chi connectivity index (χ2n) is 22.1. The first kappa shape index (κ1) is 70.9. The summed E-state index contributed by atoms with van der Waals surface area (Å²) >= 11 is 0. The van der Waals surface area contributed by atoms with Crippen molar-refractivity contribution in [2.45, 2.75) is 339 Å². The van der Waals surface area contributed by atoms with Crippen LogP contribution in [0.25, 0.3) is 0 Å². The molecule has 1 fully saturated rings. The van der Waals surface area contributed by atoms with Gasteiger partial charge in [0.1, 0.15) is 24.4 Å². The van der Waals surface area contributed by atoms with Crippen molar-refractivity contribution in [1.82, 2.24) is 5.32 Å². The summed E-state index contributed by atoms with van der Waals surface area (Å²) in [5.41, 5.74) is 0. The van der Waals surface area contributed by atoms with E-state index < -0.39 is 49.5 Å². The van der Waals surface area contributed by atoms with Gasteiger partial charge in [-0.05, 0) is 64.2 Å². The summed E-state index contributed by atoms with van der Waals surface area (Å²) < 4.78 is 16.7. The zero-order valence-electron chi connectivity index (χ0n) is 48.5. The van der Waals surface area contributed by atoms with Crippen LogP contribution in [0.2, 0.25) is 0 Å². The summed E-state index contributed by atoms with van der Waals surface area (Å²) in [6, 6.07) is -0.816. The van der Waals surface area contributed by atoms with Gasteiger partial charge in [0.15, 0.2) is 6.29 Å². The van der Waals surface area contributed by atoms with E-state index in [2.05, 4.69) is 43.5 Å². The van der Waals surface area contributed by atoms with Crippen molar-refractivity contribution in [2.75, 3.05) is 19.8 Å². The molecule has 1 rings (SSSR count). The minimum absolute atomic E-state index is 0.00194. The van der Waals surface area contributed by atoms with E-state index in [9.17, 15) is 35.1 Å². The molecule has 1 saturated heterocycles. The second kappa shape index (κ2) is 53.9. The average Bonchev–Trinajstić information content (AvgIpc) is 3.41. The number of allylic oxidation sites excluding steroid dienone is 5. The van der Waals surface area contributed by atoms with E-state index in [0.717, 1.165) is 83.5 Å². The third-order valence-electron chi connectivity index (χ3n) is 15.0. The van der Waals surface area contributed by atoms with Crippen molar-refractivity contribution in [3.63, 3.8) is 0 Å². The Balaban J connectivity index is 2.00. The molecular weight excluding hydrogens is 943 g/mol. The average molecular weight is 1060 g/mol. The maximum atomic E-state index is 13.0. The molecule has 75 heavy (non-hydrogen) atoms. The smallest absolute Gasteiger partial charge is 0.305 e. The Morgan fingerprint density at radius 1 is 0.493 bits per heavy atom. The highest BCUT2D eigenvalue weighted by Crippen LogP contribution is 2.23. The number of esters is 1. The zero-order valence-corrected chi connectivity index (χ0v) is 48.5. The van der Waals surface area contributed by atoms with Crippen LogP contribution in [0.4, 0.5) is 0 Å². The summed E-state index contributed by atoms with van der Waals surface area (Å²) in [7, 11) is 0. The van der Waals surface area contributed by atoms with Crippen LogP contribution in [0.3, 0.4) is 0 Å². The number of rotatable bonds is 55. The maximum absolute atomic E-state index is 13.0. The molecule has 0 aromatic heterocycles. The molecule has 1 aliphatic rings. The Labute approximate surface area is 460 Å². The lowest BCUT2D eigenvalue weighted by atomic mass is 9.99. The predicted octanol–water partition coefficient (Wildman–Crippen LogP) is 15.1. The third-order valence-corrected chi connectivity index (χ3v) is 15.0. The van der Waals surface area contributed by atoms with E-state index in [4.69, 9.17) is 14.2 Å². The van der Waals surface area contributed by atoms with Gasteiger partial charge >= 0.3 is 5.97 Å². The van der Waals surface area contributed by atoms with Crippen LogP contribution in [0.1, 0.15) is 296 Å². The molecule has 0 spiro atoms. The van der Waals surface area contributed by atoms with Crippen LogP contribution in [0, 0.1) is 0 Å². The third kappa shape index (κ3) is 43.4. The van der Waals surface area contributed by atoms with Crippen LogP contribution in [-0.2, 0) is 23.8 Å². The summed E-state index contributed by atoms with van der Waals surface area (Å²) in [5.74, 6) is -0.196. The van der Waals surface area contributed by atoms with Crippen molar-refractivity contribution in [2.24, 2.45) is 0 Å². The summed E-state index contributed by atoms with van der Waals surface area (Å²) in [4.78, 5) is 25.1. The Morgan fingerprint density at radius 3 is 1.35 bits per heavy atom. The molecule has 0 aromatic carbocycles. The minimum atomic E-state index is -1.57. The van der Waals surface area contributed by atoms with Crippen LogP contribution in [-0.4, -0.2) is 100 Å². The van der Waals surface area contributed by atoms with E-state index in [0.29, 0.717) is 19.4 Å². The van der Waals surface area contributed by atoms with E-state index in [1.165, 1.54) is 186 Å². The molecule has 0 aromatic rings. The normalized spacial score (nSPS) is 18.9. The van der Waals surface area contributed by atoms with E-state index in [1.54, 1.807) is 6.08 Å².